The minimum absolute atomic E-state index is 0.0457. The van der Waals surface area contributed by atoms with E-state index in [0.29, 0.717) is 12.5 Å². The molecule has 3 rings (SSSR count). The molecule has 2 heterocycles. The van der Waals surface area contributed by atoms with Crippen molar-refractivity contribution >= 4 is 22.0 Å². The fourth-order valence-corrected chi connectivity index (χ4v) is 2.78. The molecule has 1 aromatic carbocycles. The average Bonchev–Trinajstić information content (AvgIpc) is 2.77. The number of carbonyl (C=O) groups is 1. The molecule has 2 amide bonds. The van der Waals surface area contributed by atoms with Gasteiger partial charge < -0.3 is 15.4 Å². The van der Waals surface area contributed by atoms with Gasteiger partial charge in [0.15, 0.2) is 0 Å². The predicted octanol–water partition coefficient (Wildman–Crippen LogP) is 2.17. The first-order valence-corrected chi connectivity index (χ1v) is 6.47. The van der Waals surface area contributed by atoms with E-state index in [1.807, 2.05) is 24.3 Å². The molecule has 0 aromatic heterocycles. The highest BCUT2D eigenvalue weighted by Gasteiger charge is 2.41. The van der Waals surface area contributed by atoms with Crippen LogP contribution in [0.5, 0.6) is 0 Å². The van der Waals surface area contributed by atoms with Crippen molar-refractivity contribution in [2.75, 3.05) is 6.61 Å². The van der Waals surface area contributed by atoms with Crippen LogP contribution in [0, 0.1) is 5.92 Å². The zero-order valence-corrected chi connectivity index (χ0v) is 10.7. The molecule has 0 saturated carbocycles. The van der Waals surface area contributed by atoms with Gasteiger partial charge in [-0.3, -0.25) is 0 Å². The summed E-state index contributed by atoms with van der Waals surface area (Å²) in [6, 6.07) is 7.96. The monoisotopic (exact) mass is 296 g/mol. The molecule has 5 heteroatoms. The molecule has 2 aliphatic rings. The Morgan fingerprint density at radius 1 is 1.24 bits per heavy atom. The maximum atomic E-state index is 11.5. The van der Waals surface area contributed by atoms with E-state index in [9.17, 15) is 4.79 Å². The summed E-state index contributed by atoms with van der Waals surface area (Å²) < 4.78 is 6.56. The number of fused-ring (bicyclic) bond motifs is 1. The van der Waals surface area contributed by atoms with Gasteiger partial charge in [0.25, 0.3) is 0 Å². The van der Waals surface area contributed by atoms with E-state index in [4.69, 9.17) is 4.74 Å². The van der Waals surface area contributed by atoms with E-state index in [0.717, 1.165) is 16.5 Å². The van der Waals surface area contributed by atoms with Gasteiger partial charge in [0.2, 0.25) is 0 Å². The van der Waals surface area contributed by atoms with Crippen LogP contribution in [-0.4, -0.2) is 18.9 Å². The smallest absolute Gasteiger partial charge is 0.317 e. The minimum Gasteiger partial charge on any atom is -0.358 e. The number of halogens is 1. The molecule has 2 saturated heterocycles. The zero-order chi connectivity index (χ0) is 11.8. The number of urea groups is 1. The summed E-state index contributed by atoms with van der Waals surface area (Å²) in [4.78, 5) is 11.5. The van der Waals surface area contributed by atoms with Gasteiger partial charge in [0, 0.05) is 17.0 Å². The summed E-state index contributed by atoms with van der Waals surface area (Å²) in [5.74, 6) is 0.314. The van der Waals surface area contributed by atoms with Crippen molar-refractivity contribution < 1.29 is 9.53 Å². The molecule has 0 radical (unpaired) electrons. The van der Waals surface area contributed by atoms with Crippen LogP contribution in [-0.2, 0) is 4.74 Å². The van der Waals surface area contributed by atoms with Gasteiger partial charge in [-0.2, -0.15) is 0 Å². The van der Waals surface area contributed by atoms with Crippen LogP contribution in [0.1, 0.15) is 18.0 Å². The third kappa shape index (κ3) is 2.05. The van der Waals surface area contributed by atoms with Crippen molar-refractivity contribution in [3.05, 3.63) is 34.3 Å². The Balaban J connectivity index is 1.89. The standard InChI is InChI=1S/C12H13BrN2O2/c13-8-3-1-7(2-4-8)10-9-5-6-17-11(9)15-12(16)14-10/h1-4,9-11H,5-6H2,(H2,14,15,16)/t9-,10-,11-/m1/s1. The zero-order valence-electron chi connectivity index (χ0n) is 9.15. The van der Waals surface area contributed by atoms with Gasteiger partial charge in [-0.1, -0.05) is 28.1 Å². The van der Waals surface area contributed by atoms with E-state index in [1.54, 1.807) is 0 Å². The molecular formula is C12H13BrN2O2. The highest BCUT2D eigenvalue weighted by atomic mass is 79.9. The van der Waals surface area contributed by atoms with Crippen LogP contribution >= 0.6 is 15.9 Å². The molecule has 2 aliphatic heterocycles. The van der Waals surface area contributed by atoms with Crippen LogP contribution in [0.3, 0.4) is 0 Å². The first-order valence-electron chi connectivity index (χ1n) is 5.68. The number of hydrogen-bond donors (Lipinski definition) is 2. The Hall–Kier alpha value is -1.07. The summed E-state index contributed by atoms with van der Waals surface area (Å²) in [5, 5.41) is 5.79. The molecular weight excluding hydrogens is 284 g/mol. The maximum Gasteiger partial charge on any atom is 0.317 e. The Morgan fingerprint density at radius 3 is 2.76 bits per heavy atom. The predicted molar refractivity (Wildman–Crippen MR) is 66.4 cm³/mol. The topological polar surface area (TPSA) is 50.4 Å². The molecule has 2 fully saturated rings. The molecule has 0 spiro atoms. The van der Waals surface area contributed by atoms with Crippen molar-refractivity contribution in [3.8, 4) is 0 Å². The van der Waals surface area contributed by atoms with E-state index in [2.05, 4.69) is 26.6 Å². The molecule has 2 N–H and O–H groups in total. The second kappa shape index (κ2) is 4.31. The lowest BCUT2D eigenvalue weighted by molar-refractivity contribution is 0.0487. The van der Waals surface area contributed by atoms with Gasteiger partial charge in [-0.25, -0.2) is 4.79 Å². The summed E-state index contributed by atoms with van der Waals surface area (Å²) in [6.45, 7) is 0.713. The maximum absolute atomic E-state index is 11.5. The first kappa shape index (κ1) is 11.0. The SMILES string of the molecule is O=C1N[C@@H]2OCC[C@@H]2[C@@H](c2ccc(Br)cc2)N1. The van der Waals surface area contributed by atoms with Gasteiger partial charge in [0.05, 0.1) is 6.04 Å². The van der Waals surface area contributed by atoms with Crippen LogP contribution in [0.2, 0.25) is 0 Å². The molecule has 17 heavy (non-hydrogen) atoms. The minimum atomic E-state index is -0.152. The summed E-state index contributed by atoms with van der Waals surface area (Å²) >= 11 is 3.41. The number of carbonyl (C=O) groups excluding carboxylic acids is 1. The number of rotatable bonds is 1. The molecule has 0 aliphatic carbocycles. The van der Waals surface area contributed by atoms with Gasteiger partial charge >= 0.3 is 6.03 Å². The summed E-state index contributed by atoms with van der Waals surface area (Å²) in [5.41, 5.74) is 1.13. The van der Waals surface area contributed by atoms with Crippen molar-refractivity contribution in [1.82, 2.24) is 10.6 Å². The van der Waals surface area contributed by atoms with Crippen molar-refractivity contribution in [3.63, 3.8) is 0 Å². The second-order valence-corrected chi connectivity index (χ2v) is 5.31. The Morgan fingerprint density at radius 2 is 2.00 bits per heavy atom. The van der Waals surface area contributed by atoms with Gasteiger partial charge in [0.1, 0.15) is 6.23 Å². The van der Waals surface area contributed by atoms with Gasteiger partial charge in [-0.15, -0.1) is 0 Å². The van der Waals surface area contributed by atoms with Crippen molar-refractivity contribution in [2.45, 2.75) is 18.7 Å². The molecule has 90 valence electrons. The van der Waals surface area contributed by atoms with Crippen LogP contribution in [0.4, 0.5) is 4.79 Å². The molecule has 0 bridgehead atoms. The van der Waals surface area contributed by atoms with Crippen LogP contribution in [0.25, 0.3) is 0 Å². The molecule has 1 aromatic rings. The van der Waals surface area contributed by atoms with Crippen LogP contribution < -0.4 is 10.6 Å². The van der Waals surface area contributed by atoms with Gasteiger partial charge in [-0.05, 0) is 24.1 Å². The number of hydrogen-bond acceptors (Lipinski definition) is 2. The second-order valence-electron chi connectivity index (χ2n) is 4.39. The summed E-state index contributed by atoms with van der Waals surface area (Å²) in [6.07, 6.45) is 0.830. The number of ether oxygens (including phenoxy) is 1. The highest BCUT2D eigenvalue weighted by molar-refractivity contribution is 9.10. The van der Waals surface area contributed by atoms with E-state index < -0.39 is 0 Å². The Labute approximate surface area is 108 Å². The fourth-order valence-electron chi connectivity index (χ4n) is 2.52. The lowest BCUT2D eigenvalue weighted by Crippen LogP contribution is -2.54. The fraction of sp³-hybridized carbons (Fsp3) is 0.417. The average molecular weight is 297 g/mol. The summed E-state index contributed by atoms with van der Waals surface area (Å²) in [7, 11) is 0. The number of nitrogens with one attached hydrogen (secondary N) is 2. The third-order valence-electron chi connectivity index (χ3n) is 3.35. The molecule has 4 nitrogen and oxygen atoms in total. The Bertz CT molecular complexity index is 435. The van der Waals surface area contributed by atoms with E-state index in [-0.39, 0.29) is 18.3 Å². The van der Waals surface area contributed by atoms with Crippen molar-refractivity contribution in [2.24, 2.45) is 5.92 Å². The van der Waals surface area contributed by atoms with E-state index in [1.165, 1.54) is 0 Å². The lowest BCUT2D eigenvalue weighted by atomic mass is 9.89. The number of benzene rings is 1. The van der Waals surface area contributed by atoms with Crippen molar-refractivity contribution in [1.29, 1.82) is 0 Å². The molecule has 0 unspecified atom stereocenters. The quantitative estimate of drug-likeness (QED) is 0.834. The largest absolute Gasteiger partial charge is 0.358 e. The lowest BCUT2D eigenvalue weighted by Gasteiger charge is -2.34. The molecule has 3 atom stereocenters. The third-order valence-corrected chi connectivity index (χ3v) is 3.88. The Kier molecular flexibility index (Phi) is 2.80. The highest BCUT2D eigenvalue weighted by Crippen LogP contribution is 2.34. The number of amides is 2. The first-order chi connectivity index (χ1) is 8.24. The normalized spacial score (nSPS) is 31.6. The van der Waals surface area contributed by atoms with Crippen LogP contribution in [0.15, 0.2) is 28.7 Å². The van der Waals surface area contributed by atoms with E-state index >= 15 is 0 Å².